The predicted octanol–water partition coefficient (Wildman–Crippen LogP) is 11.8. The van der Waals surface area contributed by atoms with Gasteiger partial charge < -0.3 is 8.83 Å². The number of benzene rings is 7. The van der Waals surface area contributed by atoms with E-state index in [2.05, 4.69) is 72.8 Å². The summed E-state index contributed by atoms with van der Waals surface area (Å²) in [6, 6.07) is 53.8. The van der Waals surface area contributed by atoms with Gasteiger partial charge in [0.15, 0.2) is 23.1 Å². The van der Waals surface area contributed by atoms with Gasteiger partial charge in [0.25, 0.3) is 0 Å². The first-order valence-corrected chi connectivity index (χ1v) is 17.7. The van der Waals surface area contributed by atoms with Gasteiger partial charge in [-0.05, 0) is 88.3 Å². The van der Waals surface area contributed by atoms with Crippen LogP contribution in [-0.2, 0) is 6.42 Å². The molecule has 0 spiro atoms. The number of fused-ring (bicyclic) bond motifs is 7. The molecule has 0 amide bonds. The van der Waals surface area contributed by atoms with Crippen molar-refractivity contribution in [3.63, 3.8) is 0 Å². The monoisotopic (exact) mass is 680 g/mol. The van der Waals surface area contributed by atoms with E-state index in [0.717, 1.165) is 72.8 Å². The van der Waals surface area contributed by atoms with E-state index in [1.165, 1.54) is 22.3 Å². The molecule has 11 rings (SSSR count). The molecule has 0 saturated carbocycles. The zero-order valence-corrected chi connectivity index (χ0v) is 28.3. The first-order valence-electron chi connectivity index (χ1n) is 17.7. The SMILES string of the molecule is c1ccc(-c2nc(-c3ccc4c(c3)-c3ccccc3C4)nc(-c3cccc4oc5ccc(-c6cccc(-c7nc8ccccc8o7)c6)cc5c34)n2)cc1. The molecule has 3 heterocycles. The van der Waals surface area contributed by atoms with Crippen molar-refractivity contribution in [1.82, 2.24) is 19.9 Å². The Bertz CT molecular complexity index is 3020. The van der Waals surface area contributed by atoms with Crippen LogP contribution in [0.5, 0.6) is 0 Å². The Morgan fingerprint density at radius 3 is 1.98 bits per heavy atom. The van der Waals surface area contributed by atoms with Gasteiger partial charge in [0.2, 0.25) is 5.89 Å². The molecule has 53 heavy (non-hydrogen) atoms. The smallest absolute Gasteiger partial charge is 0.227 e. The second-order valence-electron chi connectivity index (χ2n) is 13.4. The molecule has 10 aromatic rings. The maximum atomic E-state index is 6.45. The normalized spacial score (nSPS) is 12.1. The molecule has 6 heteroatoms. The van der Waals surface area contributed by atoms with Gasteiger partial charge in [-0.15, -0.1) is 0 Å². The minimum atomic E-state index is 0.589. The van der Waals surface area contributed by atoms with Gasteiger partial charge in [-0.25, -0.2) is 19.9 Å². The van der Waals surface area contributed by atoms with Crippen molar-refractivity contribution in [2.24, 2.45) is 0 Å². The van der Waals surface area contributed by atoms with Crippen LogP contribution in [0.1, 0.15) is 11.1 Å². The lowest BCUT2D eigenvalue weighted by molar-refractivity contribution is 0.620. The number of hydrogen-bond donors (Lipinski definition) is 0. The van der Waals surface area contributed by atoms with E-state index >= 15 is 0 Å². The molecule has 248 valence electrons. The Hall–Kier alpha value is -7.18. The lowest BCUT2D eigenvalue weighted by atomic mass is 9.99. The number of furan rings is 1. The third-order valence-electron chi connectivity index (χ3n) is 10.2. The van der Waals surface area contributed by atoms with Gasteiger partial charge in [0.05, 0.1) is 0 Å². The van der Waals surface area contributed by atoms with Crippen LogP contribution in [-0.4, -0.2) is 19.9 Å². The van der Waals surface area contributed by atoms with Crippen LogP contribution in [0, 0.1) is 0 Å². The highest BCUT2D eigenvalue weighted by Gasteiger charge is 2.22. The van der Waals surface area contributed by atoms with Crippen molar-refractivity contribution in [3.05, 3.63) is 169 Å². The van der Waals surface area contributed by atoms with Crippen LogP contribution in [0.4, 0.5) is 0 Å². The highest BCUT2D eigenvalue weighted by molar-refractivity contribution is 6.12. The summed E-state index contributed by atoms with van der Waals surface area (Å²) in [6.07, 6.45) is 0.933. The van der Waals surface area contributed by atoms with E-state index in [0.29, 0.717) is 23.4 Å². The van der Waals surface area contributed by atoms with E-state index < -0.39 is 0 Å². The second-order valence-corrected chi connectivity index (χ2v) is 13.4. The fourth-order valence-corrected chi connectivity index (χ4v) is 7.62. The summed E-state index contributed by atoms with van der Waals surface area (Å²) in [7, 11) is 0. The molecular formula is C47H28N4O2. The minimum Gasteiger partial charge on any atom is -0.456 e. The van der Waals surface area contributed by atoms with Crippen molar-refractivity contribution in [2.75, 3.05) is 0 Å². The molecule has 7 aromatic carbocycles. The summed E-state index contributed by atoms with van der Waals surface area (Å²) in [6.45, 7) is 0. The summed E-state index contributed by atoms with van der Waals surface area (Å²) in [5.41, 5.74) is 14.1. The molecule has 1 aliphatic rings. The summed E-state index contributed by atoms with van der Waals surface area (Å²) in [5, 5.41) is 1.94. The number of aromatic nitrogens is 4. The Morgan fingerprint density at radius 2 is 1.06 bits per heavy atom. The predicted molar refractivity (Wildman–Crippen MR) is 210 cm³/mol. The summed E-state index contributed by atoms with van der Waals surface area (Å²) >= 11 is 0. The minimum absolute atomic E-state index is 0.589. The molecule has 0 unspecified atom stereocenters. The number of nitrogens with zero attached hydrogens (tertiary/aromatic N) is 4. The molecule has 0 atom stereocenters. The lowest BCUT2D eigenvalue weighted by Gasteiger charge is -2.10. The van der Waals surface area contributed by atoms with Crippen molar-refractivity contribution < 1.29 is 8.83 Å². The molecule has 1 aliphatic carbocycles. The molecule has 0 aliphatic heterocycles. The van der Waals surface area contributed by atoms with Crippen LogP contribution in [0.25, 0.3) is 101 Å². The van der Waals surface area contributed by atoms with E-state index in [4.69, 9.17) is 28.8 Å². The quantitative estimate of drug-likeness (QED) is 0.180. The van der Waals surface area contributed by atoms with Crippen molar-refractivity contribution in [3.8, 4) is 67.9 Å². The third-order valence-corrected chi connectivity index (χ3v) is 10.2. The Kier molecular flexibility index (Phi) is 6.51. The lowest BCUT2D eigenvalue weighted by Crippen LogP contribution is -2.00. The fourth-order valence-electron chi connectivity index (χ4n) is 7.62. The second kappa shape index (κ2) is 11.7. The third kappa shape index (κ3) is 4.95. The largest absolute Gasteiger partial charge is 0.456 e. The highest BCUT2D eigenvalue weighted by Crippen LogP contribution is 2.41. The zero-order chi connectivity index (χ0) is 34.9. The Balaban J connectivity index is 1.07. The number of rotatable bonds is 5. The number of oxazole rings is 1. The van der Waals surface area contributed by atoms with Gasteiger partial charge >= 0.3 is 0 Å². The molecule has 0 N–H and O–H groups in total. The standard InChI is InChI=1S/C47H28N4O2/c1-2-10-28(11-3-1)44-49-45(33-21-20-32-25-31-12-4-5-15-35(31)37(32)27-33)51-46(50-44)36-16-9-19-42-43(36)38-26-30(22-23-40(38)52-42)29-13-8-14-34(24-29)47-48-39-17-6-7-18-41(39)53-47/h1-24,26-27H,25H2. The maximum absolute atomic E-state index is 6.45. The molecule has 6 nitrogen and oxygen atoms in total. The molecule has 0 saturated heterocycles. The van der Waals surface area contributed by atoms with Gasteiger partial charge in [-0.3, -0.25) is 0 Å². The summed E-state index contributed by atoms with van der Waals surface area (Å²) < 4.78 is 12.5. The molecule has 3 aromatic heterocycles. The van der Waals surface area contributed by atoms with Crippen molar-refractivity contribution in [2.45, 2.75) is 6.42 Å². The summed E-state index contributed by atoms with van der Waals surface area (Å²) in [4.78, 5) is 20.1. The van der Waals surface area contributed by atoms with E-state index in [1.54, 1.807) is 0 Å². The van der Waals surface area contributed by atoms with Gasteiger partial charge in [0, 0.05) is 33.0 Å². The first kappa shape index (κ1) is 29.5. The van der Waals surface area contributed by atoms with Crippen LogP contribution in [0.15, 0.2) is 167 Å². The average Bonchev–Trinajstić information content (AvgIpc) is 3.94. The Morgan fingerprint density at radius 1 is 0.377 bits per heavy atom. The number of para-hydroxylation sites is 2. The van der Waals surface area contributed by atoms with Gasteiger partial charge in [0.1, 0.15) is 16.7 Å². The molecule has 0 fully saturated rings. The van der Waals surface area contributed by atoms with Crippen molar-refractivity contribution >= 4 is 33.0 Å². The first-order chi connectivity index (χ1) is 26.2. The van der Waals surface area contributed by atoms with E-state index in [1.807, 2.05) is 84.9 Å². The number of hydrogen-bond acceptors (Lipinski definition) is 6. The topological polar surface area (TPSA) is 77.8 Å². The molecule has 0 radical (unpaired) electrons. The maximum Gasteiger partial charge on any atom is 0.227 e. The van der Waals surface area contributed by atoms with Gasteiger partial charge in [-0.1, -0.05) is 109 Å². The zero-order valence-electron chi connectivity index (χ0n) is 28.3. The molecule has 0 bridgehead atoms. The van der Waals surface area contributed by atoms with E-state index in [-0.39, 0.29) is 0 Å². The molecular weight excluding hydrogens is 653 g/mol. The Labute approximate surface area is 304 Å². The van der Waals surface area contributed by atoms with Gasteiger partial charge in [-0.2, -0.15) is 0 Å². The summed E-state index contributed by atoms with van der Waals surface area (Å²) in [5.74, 6) is 2.43. The fraction of sp³-hybridized carbons (Fsp3) is 0.0213. The average molecular weight is 681 g/mol. The van der Waals surface area contributed by atoms with Crippen LogP contribution >= 0.6 is 0 Å². The van der Waals surface area contributed by atoms with Crippen LogP contribution < -0.4 is 0 Å². The van der Waals surface area contributed by atoms with Crippen LogP contribution in [0.2, 0.25) is 0 Å². The van der Waals surface area contributed by atoms with E-state index in [9.17, 15) is 0 Å². The van der Waals surface area contributed by atoms with Crippen molar-refractivity contribution in [1.29, 1.82) is 0 Å². The highest BCUT2D eigenvalue weighted by atomic mass is 16.3. The van der Waals surface area contributed by atoms with Crippen LogP contribution in [0.3, 0.4) is 0 Å².